The molecule has 0 aromatic heterocycles. The molecule has 0 radical (unpaired) electrons. The lowest BCUT2D eigenvalue weighted by Gasteiger charge is -2.15. The Labute approximate surface area is 103 Å². The van der Waals surface area contributed by atoms with Crippen LogP contribution >= 0.6 is 15.9 Å². The third-order valence-electron chi connectivity index (χ3n) is 2.55. The SMILES string of the molecule is CN(C)c1cc2cc(C=O)ccc2cc1Br. The average Bonchev–Trinajstić information content (AvgIpc) is 2.27. The van der Waals surface area contributed by atoms with Crippen LogP contribution in [0.25, 0.3) is 10.8 Å². The average molecular weight is 278 g/mol. The lowest BCUT2D eigenvalue weighted by atomic mass is 10.1. The highest BCUT2D eigenvalue weighted by Crippen LogP contribution is 2.30. The van der Waals surface area contributed by atoms with E-state index in [9.17, 15) is 4.79 Å². The first-order valence-electron chi connectivity index (χ1n) is 4.97. The number of aldehydes is 1. The first-order valence-corrected chi connectivity index (χ1v) is 5.77. The van der Waals surface area contributed by atoms with Gasteiger partial charge in [-0.15, -0.1) is 0 Å². The van der Waals surface area contributed by atoms with E-state index in [1.165, 1.54) is 0 Å². The predicted molar refractivity (Wildman–Crippen MR) is 71.4 cm³/mol. The van der Waals surface area contributed by atoms with Crippen LogP contribution in [0.1, 0.15) is 10.4 Å². The molecule has 2 aromatic rings. The summed E-state index contributed by atoms with van der Waals surface area (Å²) in [5, 5.41) is 2.21. The van der Waals surface area contributed by atoms with E-state index in [1.807, 2.05) is 37.2 Å². The van der Waals surface area contributed by atoms with E-state index in [4.69, 9.17) is 0 Å². The van der Waals surface area contributed by atoms with E-state index in [0.29, 0.717) is 5.56 Å². The van der Waals surface area contributed by atoms with Crippen LogP contribution in [0.4, 0.5) is 5.69 Å². The molecule has 0 unspecified atom stereocenters. The number of hydrogen-bond acceptors (Lipinski definition) is 2. The molecule has 0 amide bonds. The van der Waals surface area contributed by atoms with Crippen LogP contribution in [0.5, 0.6) is 0 Å². The Hall–Kier alpha value is -1.35. The fourth-order valence-electron chi connectivity index (χ4n) is 1.69. The summed E-state index contributed by atoms with van der Waals surface area (Å²) in [7, 11) is 3.99. The molecule has 0 heterocycles. The van der Waals surface area contributed by atoms with Gasteiger partial charge in [0.15, 0.2) is 0 Å². The van der Waals surface area contributed by atoms with Gasteiger partial charge in [-0.2, -0.15) is 0 Å². The number of nitrogens with zero attached hydrogens (tertiary/aromatic N) is 1. The summed E-state index contributed by atoms with van der Waals surface area (Å²) in [6.45, 7) is 0. The highest BCUT2D eigenvalue weighted by Gasteiger charge is 2.05. The van der Waals surface area contributed by atoms with Crippen LogP contribution in [0, 0.1) is 0 Å². The zero-order valence-electron chi connectivity index (χ0n) is 9.20. The standard InChI is InChI=1S/C13H12BrNO/c1-15(2)13-7-11-5-9(8-16)3-4-10(11)6-12(13)14/h3-8H,1-2H3. The van der Waals surface area contributed by atoms with Crippen molar-refractivity contribution in [2.45, 2.75) is 0 Å². The van der Waals surface area contributed by atoms with E-state index in [1.54, 1.807) is 0 Å². The molecule has 0 bridgehead atoms. The summed E-state index contributed by atoms with van der Waals surface area (Å²) in [5.41, 5.74) is 1.81. The van der Waals surface area contributed by atoms with Gasteiger partial charge in [0.05, 0.1) is 5.69 Å². The molecule has 2 nitrogen and oxygen atoms in total. The molecular weight excluding hydrogens is 266 g/mol. The fourth-order valence-corrected chi connectivity index (χ4v) is 2.41. The van der Waals surface area contributed by atoms with Crippen molar-refractivity contribution >= 4 is 38.7 Å². The summed E-state index contributed by atoms with van der Waals surface area (Å²) in [4.78, 5) is 12.8. The number of anilines is 1. The van der Waals surface area contributed by atoms with E-state index in [0.717, 1.165) is 27.2 Å². The fraction of sp³-hybridized carbons (Fsp3) is 0.154. The van der Waals surface area contributed by atoms with Crippen LogP contribution in [-0.2, 0) is 0 Å². The Kier molecular flexibility index (Phi) is 2.97. The van der Waals surface area contributed by atoms with Gasteiger partial charge in [0.1, 0.15) is 6.29 Å². The first kappa shape index (κ1) is 11.1. The zero-order valence-corrected chi connectivity index (χ0v) is 10.8. The van der Waals surface area contributed by atoms with Gasteiger partial charge < -0.3 is 4.90 Å². The second-order valence-electron chi connectivity index (χ2n) is 3.92. The summed E-state index contributed by atoms with van der Waals surface area (Å²) < 4.78 is 1.06. The summed E-state index contributed by atoms with van der Waals surface area (Å²) in [5.74, 6) is 0. The number of halogens is 1. The first-order chi connectivity index (χ1) is 7.61. The smallest absolute Gasteiger partial charge is 0.150 e. The van der Waals surface area contributed by atoms with Gasteiger partial charge in [-0.25, -0.2) is 0 Å². The van der Waals surface area contributed by atoms with E-state index in [-0.39, 0.29) is 0 Å². The van der Waals surface area contributed by atoms with Crippen molar-refractivity contribution in [1.82, 2.24) is 0 Å². The second kappa shape index (κ2) is 4.26. The Morgan fingerprint density at radius 1 is 1.12 bits per heavy atom. The largest absolute Gasteiger partial charge is 0.377 e. The Bertz CT molecular complexity index is 549. The lowest BCUT2D eigenvalue weighted by molar-refractivity contribution is 0.112. The molecule has 0 fully saturated rings. The quantitative estimate of drug-likeness (QED) is 0.784. The van der Waals surface area contributed by atoms with Crippen molar-refractivity contribution in [3.8, 4) is 0 Å². The van der Waals surface area contributed by atoms with Gasteiger partial charge in [0, 0.05) is 24.1 Å². The van der Waals surface area contributed by atoms with E-state index in [2.05, 4.69) is 28.1 Å². The minimum Gasteiger partial charge on any atom is -0.377 e. The zero-order chi connectivity index (χ0) is 11.7. The number of fused-ring (bicyclic) bond motifs is 1. The minimum absolute atomic E-state index is 0.708. The maximum atomic E-state index is 10.7. The van der Waals surface area contributed by atoms with Crippen molar-refractivity contribution in [3.05, 3.63) is 40.4 Å². The van der Waals surface area contributed by atoms with Crippen LogP contribution in [0.3, 0.4) is 0 Å². The van der Waals surface area contributed by atoms with Crippen LogP contribution in [0.15, 0.2) is 34.8 Å². The summed E-state index contributed by atoms with van der Waals surface area (Å²) >= 11 is 3.54. The molecule has 2 aromatic carbocycles. The van der Waals surface area contributed by atoms with Crippen molar-refractivity contribution < 1.29 is 4.79 Å². The van der Waals surface area contributed by atoms with Gasteiger partial charge in [-0.3, -0.25) is 4.79 Å². The molecular formula is C13H12BrNO. The number of carbonyl (C=O) groups excluding carboxylic acids is 1. The van der Waals surface area contributed by atoms with Crippen LogP contribution < -0.4 is 4.90 Å². The summed E-state index contributed by atoms with van der Waals surface area (Å²) in [6, 6.07) is 9.84. The third kappa shape index (κ3) is 1.95. The molecule has 0 spiro atoms. The molecule has 0 aliphatic carbocycles. The lowest BCUT2D eigenvalue weighted by Crippen LogP contribution is -2.09. The maximum Gasteiger partial charge on any atom is 0.150 e. The van der Waals surface area contributed by atoms with E-state index >= 15 is 0 Å². The Morgan fingerprint density at radius 2 is 1.88 bits per heavy atom. The molecule has 0 N–H and O–H groups in total. The number of rotatable bonds is 2. The van der Waals surface area contributed by atoms with Crippen LogP contribution in [-0.4, -0.2) is 20.4 Å². The molecule has 0 aliphatic heterocycles. The Balaban J connectivity index is 2.70. The van der Waals surface area contributed by atoms with Crippen molar-refractivity contribution in [1.29, 1.82) is 0 Å². The van der Waals surface area contributed by atoms with Gasteiger partial charge in [0.2, 0.25) is 0 Å². The van der Waals surface area contributed by atoms with Crippen LogP contribution in [0.2, 0.25) is 0 Å². The molecule has 3 heteroatoms. The monoisotopic (exact) mass is 277 g/mol. The predicted octanol–water partition coefficient (Wildman–Crippen LogP) is 3.48. The topological polar surface area (TPSA) is 20.3 Å². The summed E-state index contributed by atoms with van der Waals surface area (Å²) in [6.07, 6.45) is 0.872. The Morgan fingerprint density at radius 3 is 2.50 bits per heavy atom. The van der Waals surface area contributed by atoms with Crippen molar-refractivity contribution in [2.75, 3.05) is 19.0 Å². The molecule has 16 heavy (non-hydrogen) atoms. The number of carbonyl (C=O) groups is 1. The highest BCUT2D eigenvalue weighted by molar-refractivity contribution is 9.10. The molecule has 82 valence electrons. The third-order valence-corrected chi connectivity index (χ3v) is 3.18. The van der Waals surface area contributed by atoms with Gasteiger partial charge in [-0.1, -0.05) is 12.1 Å². The van der Waals surface area contributed by atoms with Gasteiger partial charge >= 0.3 is 0 Å². The van der Waals surface area contributed by atoms with Crippen molar-refractivity contribution in [2.24, 2.45) is 0 Å². The van der Waals surface area contributed by atoms with Crippen molar-refractivity contribution in [3.63, 3.8) is 0 Å². The molecule has 0 aliphatic rings. The number of benzene rings is 2. The molecule has 2 rings (SSSR count). The molecule has 0 atom stereocenters. The molecule has 0 saturated heterocycles. The van der Waals surface area contributed by atoms with Gasteiger partial charge in [0.25, 0.3) is 0 Å². The molecule has 0 saturated carbocycles. The highest BCUT2D eigenvalue weighted by atomic mass is 79.9. The van der Waals surface area contributed by atoms with Gasteiger partial charge in [-0.05, 0) is 44.9 Å². The minimum atomic E-state index is 0.708. The number of hydrogen-bond donors (Lipinski definition) is 0. The normalized spacial score (nSPS) is 10.4. The van der Waals surface area contributed by atoms with E-state index < -0.39 is 0 Å². The second-order valence-corrected chi connectivity index (χ2v) is 4.78. The maximum absolute atomic E-state index is 10.7.